The molecule has 0 bridgehead atoms. The Morgan fingerprint density at radius 1 is 1.38 bits per heavy atom. The Morgan fingerprint density at radius 3 is 2.92 bits per heavy atom. The monoisotopic (exact) mass is 199 g/mol. The highest BCUT2D eigenvalue weighted by Gasteiger charge is 2.18. The fourth-order valence-corrected chi connectivity index (χ4v) is 2.09. The maximum Gasteiger partial charge on any atom is 0.299 e. The number of nitrogens with two attached hydrogens (primary N) is 1. The van der Waals surface area contributed by atoms with Gasteiger partial charge < -0.3 is 5.73 Å². The average molecular weight is 199 g/mol. The van der Waals surface area contributed by atoms with Gasteiger partial charge in [0, 0.05) is 12.2 Å². The van der Waals surface area contributed by atoms with Crippen molar-refractivity contribution < 1.29 is 8.42 Å². The van der Waals surface area contributed by atoms with E-state index in [1.165, 1.54) is 0 Å². The van der Waals surface area contributed by atoms with Crippen LogP contribution in [0.1, 0.15) is 5.56 Å². The first-order valence-corrected chi connectivity index (χ1v) is 5.21. The molecule has 1 aliphatic heterocycles. The summed E-state index contributed by atoms with van der Waals surface area (Å²) >= 11 is 0. The van der Waals surface area contributed by atoms with E-state index in [9.17, 15) is 8.42 Å². The van der Waals surface area contributed by atoms with E-state index in [1.807, 2.05) is 0 Å². The highest BCUT2D eigenvalue weighted by atomic mass is 32.2. The fourth-order valence-electron chi connectivity index (χ4n) is 1.20. The topological polar surface area (TPSA) is 84.2 Å². The molecule has 0 unspecified atom stereocenters. The van der Waals surface area contributed by atoms with Crippen LogP contribution in [-0.2, 0) is 16.8 Å². The normalized spacial score (nSPS) is 18.8. The molecular weight excluding hydrogens is 190 g/mol. The van der Waals surface area contributed by atoms with Crippen molar-refractivity contribution in [2.75, 3.05) is 10.5 Å². The first kappa shape index (κ1) is 8.33. The Kier molecular flexibility index (Phi) is 1.67. The molecule has 0 saturated carbocycles. The lowest BCUT2D eigenvalue weighted by molar-refractivity contribution is 0.584. The number of benzene rings is 1. The lowest BCUT2D eigenvalue weighted by Crippen LogP contribution is -2.34. The second-order valence-electron chi connectivity index (χ2n) is 2.84. The van der Waals surface area contributed by atoms with E-state index in [2.05, 4.69) is 9.44 Å². The molecule has 1 aromatic carbocycles. The molecule has 4 N–H and O–H groups in total. The molecule has 70 valence electrons. The van der Waals surface area contributed by atoms with Crippen LogP contribution in [0.2, 0.25) is 0 Å². The molecule has 13 heavy (non-hydrogen) atoms. The van der Waals surface area contributed by atoms with Crippen molar-refractivity contribution in [1.82, 2.24) is 4.72 Å². The largest absolute Gasteiger partial charge is 0.399 e. The van der Waals surface area contributed by atoms with Gasteiger partial charge in [0.05, 0.1) is 5.69 Å². The molecule has 0 spiro atoms. The zero-order valence-electron chi connectivity index (χ0n) is 6.74. The minimum Gasteiger partial charge on any atom is -0.399 e. The van der Waals surface area contributed by atoms with Gasteiger partial charge in [0.2, 0.25) is 0 Å². The Morgan fingerprint density at radius 2 is 2.15 bits per heavy atom. The van der Waals surface area contributed by atoms with Gasteiger partial charge in [-0.15, -0.1) is 0 Å². The zero-order valence-corrected chi connectivity index (χ0v) is 7.56. The van der Waals surface area contributed by atoms with Gasteiger partial charge in [-0.25, -0.2) is 0 Å². The van der Waals surface area contributed by atoms with Crippen LogP contribution < -0.4 is 15.2 Å². The van der Waals surface area contributed by atoms with E-state index in [0.717, 1.165) is 5.56 Å². The summed E-state index contributed by atoms with van der Waals surface area (Å²) in [5, 5.41) is 0. The van der Waals surface area contributed by atoms with Gasteiger partial charge in [0.15, 0.2) is 0 Å². The van der Waals surface area contributed by atoms with Crippen molar-refractivity contribution >= 4 is 21.6 Å². The molecule has 1 aliphatic rings. The summed E-state index contributed by atoms with van der Waals surface area (Å²) in [6.45, 7) is 0.310. The SMILES string of the molecule is Nc1ccc2c(c1)NS(=O)(=O)NC2. The third-order valence-corrected chi connectivity index (χ3v) is 2.84. The summed E-state index contributed by atoms with van der Waals surface area (Å²) in [7, 11) is -3.37. The minimum absolute atomic E-state index is 0.310. The number of hydrogen-bond acceptors (Lipinski definition) is 3. The predicted octanol–water partition coefficient (Wildman–Crippen LogP) is 0.0287. The summed E-state index contributed by atoms with van der Waals surface area (Å²) in [5.74, 6) is 0. The molecule has 0 amide bonds. The van der Waals surface area contributed by atoms with Crippen molar-refractivity contribution in [2.24, 2.45) is 0 Å². The second-order valence-corrected chi connectivity index (χ2v) is 4.34. The summed E-state index contributed by atoms with van der Waals surface area (Å²) in [5.41, 5.74) is 7.51. The van der Waals surface area contributed by atoms with Crippen molar-refractivity contribution in [1.29, 1.82) is 0 Å². The van der Waals surface area contributed by atoms with Crippen LogP contribution in [0.25, 0.3) is 0 Å². The lowest BCUT2D eigenvalue weighted by atomic mass is 10.1. The van der Waals surface area contributed by atoms with E-state index >= 15 is 0 Å². The lowest BCUT2D eigenvalue weighted by Gasteiger charge is -2.19. The van der Waals surface area contributed by atoms with E-state index < -0.39 is 10.2 Å². The van der Waals surface area contributed by atoms with Crippen LogP contribution in [-0.4, -0.2) is 8.42 Å². The number of fused-ring (bicyclic) bond motifs is 1. The summed E-state index contributed by atoms with van der Waals surface area (Å²) in [4.78, 5) is 0. The number of rotatable bonds is 0. The van der Waals surface area contributed by atoms with Crippen LogP contribution in [0.15, 0.2) is 18.2 Å². The molecule has 1 aromatic rings. The Labute approximate surface area is 76.1 Å². The molecule has 0 fully saturated rings. The number of nitrogens with one attached hydrogen (secondary N) is 2. The number of hydrogen-bond donors (Lipinski definition) is 3. The van der Waals surface area contributed by atoms with Crippen molar-refractivity contribution in [2.45, 2.75) is 6.54 Å². The van der Waals surface area contributed by atoms with E-state index in [4.69, 9.17) is 5.73 Å². The van der Waals surface area contributed by atoms with Gasteiger partial charge in [-0.1, -0.05) is 6.07 Å². The first-order valence-electron chi connectivity index (χ1n) is 3.73. The fraction of sp³-hybridized carbons (Fsp3) is 0.143. The standard InChI is InChI=1S/C7H9N3O2S/c8-6-2-1-5-4-9-13(11,12)10-7(5)3-6/h1-3,9-10H,4,8H2. The molecule has 5 nitrogen and oxygen atoms in total. The number of nitrogen functional groups attached to an aromatic ring is 1. The predicted molar refractivity (Wildman–Crippen MR) is 50.2 cm³/mol. The maximum absolute atomic E-state index is 11.1. The maximum atomic E-state index is 11.1. The van der Waals surface area contributed by atoms with E-state index in [-0.39, 0.29) is 0 Å². The molecule has 0 atom stereocenters. The first-order chi connectivity index (χ1) is 6.07. The molecule has 0 aromatic heterocycles. The summed E-state index contributed by atoms with van der Waals surface area (Å²) < 4.78 is 26.8. The van der Waals surface area contributed by atoms with Gasteiger partial charge in [-0.05, 0) is 17.7 Å². The summed E-state index contributed by atoms with van der Waals surface area (Å²) in [6.07, 6.45) is 0. The van der Waals surface area contributed by atoms with Crippen molar-refractivity contribution in [3.05, 3.63) is 23.8 Å². The van der Waals surface area contributed by atoms with Crippen LogP contribution in [0.5, 0.6) is 0 Å². The van der Waals surface area contributed by atoms with Gasteiger partial charge in [0.25, 0.3) is 10.2 Å². The van der Waals surface area contributed by atoms with Crippen LogP contribution in [0.4, 0.5) is 11.4 Å². The van der Waals surface area contributed by atoms with E-state index in [1.54, 1.807) is 18.2 Å². The molecular formula is C7H9N3O2S. The summed E-state index contributed by atoms with van der Waals surface area (Å²) in [6, 6.07) is 5.13. The molecule has 1 heterocycles. The third-order valence-electron chi connectivity index (χ3n) is 1.83. The second kappa shape index (κ2) is 2.61. The minimum atomic E-state index is -3.37. The Balaban J connectivity index is 2.50. The van der Waals surface area contributed by atoms with Crippen LogP contribution in [0.3, 0.4) is 0 Å². The smallest absolute Gasteiger partial charge is 0.299 e. The van der Waals surface area contributed by atoms with Gasteiger partial charge >= 0.3 is 0 Å². The quantitative estimate of drug-likeness (QED) is 0.515. The van der Waals surface area contributed by atoms with Crippen molar-refractivity contribution in [3.63, 3.8) is 0 Å². The van der Waals surface area contributed by atoms with Gasteiger partial charge in [-0.3, -0.25) is 4.72 Å². The molecule has 6 heteroatoms. The highest BCUT2D eigenvalue weighted by molar-refractivity contribution is 7.90. The zero-order chi connectivity index (χ0) is 9.47. The van der Waals surface area contributed by atoms with Gasteiger partial charge in [0.1, 0.15) is 0 Å². The van der Waals surface area contributed by atoms with Crippen LogP contribution in [0, 0.1) is 0 Å². The Hall–Kier alpha value is -1.27. The van der Waals surface area contributed by atoms with Crippen molar-refractivity contribution in [3.8, 4) is 0 Å². The molecule has 2 rings (SSSR count). The van der Waals surface area contributed by atoms with E-state index in [0.29, 0.717) is 17.9 Å². The van der Waals surface area contributed by atoms with Crippen LogP contribution >= 0.6 is 0 Å². The Bertz CT molecular complexity index is 441. The number of anilines is 2. The third kappa shape index (κ3) is 1.58. The average Bonchev–Trinajstić information content (AvgIpc) is 2.01. The highest BCUT2D eigenvalue weighted by Crippen LogP contribution is 2.22. The molecule has 0 radical (unpaired) electrons. The van der Waals surface area contributed by atoms with Gasteiger partial charge in [-0.2, -0.15) is 13.1 Å². The molecule has 0 aliphatic carbocycles. The molecule has 0 saturated heterocycles.